The van der Waals surface area contributed by atoms with E-state index in [1.807, 2.05) is 54.3 Å². The molecule has 0 saturated carbocycles. The Balaban J connectivity index is 1.83. The molecule has 0 unspecified atom stereocenters. The van der Waals surface area contributed by atoms with Crippen molar-refractivity contribution in [2.45, 2.75) is 26.4 Å². The molecule has 0 amide bonds. The van der Waals surface area contributed by atoms with E-state index in [9.17, 15) is 0 Å². The van der Waals surface area contributed by atoms with Crippen molar-refractivity contribution >= 4 is 0 Å². The Labute approximate surface area is 149 Å². The molecule has 2 aromatic carbocycles. The second-order valence-corrected chi connectivity index (χ2v) is 6.05. The molecule has 0 aliphatic carbocycles. The fourth-order valence-electron chi connectivity index (χ4n) is 2.89. The van der Waals surface area contributed by atoms with Gasteiger partial charge in [0, 0.05) is 24.4 Å². The Morgan fingerprint density at radius 3 is 2.56 bits per heavy atom. The van der Waals surface area contributed by atoms with Gasteiger partial charge < -0.3 is 9.47 Å². The van der Waals surface area contributed by atoms with Gasteiger partial charge in [0.2, 0.25) is 0 Å². The van der Waals surface area contributed by atoms with Gasteiger partial charge in [-0.3, -0.25) is 4.68 Å². The van der Waals surface area contributed by atoms with Crippen LogP contribution in [0.3, 0.4) is 0 Å². The van der Waals surface area contributed by atoms with E-state index in [2.05, 4.69) is 24.2 Å². The Kier molecular flexibility index (Phi) is 5.39. The van der Waals surface area contributed by atoms with Crippen LogP contribution in [0.25, 0.3) is 11.3 Å². The summed E-state index contributed by atoms with van der Waals surface area (Å²) < 4.78 is 13.3. The van der Waals surface area contributed by atoms with Crippen LogP contribution < -0.4 is 9.47 Å². The second-order valence-electron chi connectivity index (χ2n) is 6.05. The van der Waals surface area contributed by atoms with Crippen LogP contribution >= 0.6 is 0 Å². The minimum atomic E-state index is 0.490. The molecule has 1 aromatic heterocycles. The zero-order chi connectivity index (χ0) is 17.6. The normalized spacial score (nSPS) is 10.7. The topological polar surface area (TPSA) is 36.3 Å². The Morgan fingerprint density at radius 2 is 1.84 bits per heavy atom. The lowest BCUT2D eigenvalue weighted by Gasteiger charge is -2.14. The fraction of sp³-hybridized carbons (Fsp3) is 0.286. The molecule has 0 aliphatic heterocycles. The maximum absolute atomic E-state index is 6.11. The third kappa shape index (κ3) is 4.02. The molecule has 0 spiro atoms. The van der Waals surface area contributed by atoms with E-state index in [0.717, 1.165) is 41.2 Å². The Morgan fingerprint density at radius 1 is 1.00 bits per heavy atom. The van der Waals surface area contributed by atoms with Crippen LogP contribution in [0.1, 0.15) is 24.5 Å². The minimum absolute atomic E-state index is 0.490. The number of methoxy groups -OCH3 is 1. The molecule has 130 valence electrons. The molecule has 4 nitrogen and oxygen atoms in total. The van der Waals surface area contributed by atoms with E-state index in [1.165, 1.54) is 5.56 Å². The molecule has 0 N–H and O–H groups in total. The van der Waals surface area contributed by atoms with Crippen LogP contribution in [0.4, 0.5) is 0 Å². The summed E-state index contributed by atoms with van der Waals surface area (Å²) in [7, 11) is 3.62. The van der Waals surface area contributed by atoms with E-state index < -0.39 is 0 Å². The number of benzene rings is 2. The first-order valence-corrected chi connectivity index (χ1v) is 8.59. The maximum atomic E-state index is 6.11. The van der Waals surface area contributed by atoms with E-state index in [1.54, 1.807) is 7.11 Å². The summed E-state index contributed by atoms with van der Waals surface area (Å²) in [4.78, 5) is 0. The van der Waals surface area contributed by atoms with Gasteiger partial charge in [-0.15, -0.1) is 0 Å². The quantitative estimate of drug-likeness (QED) is 0.631. The van der Waals surface area contributed by atoms with Gasteiger partial charge >= 0.3 is 0 Å². The molecular formula is C21H24N2O2. The van der Waals surface area contributed by atoms with Crippen molar-refractivity contribution in [1.82, 2.24) is 9.78 Å². The largest absolute Gasteiger partial charge is 0.496 e. The number of para-hydroxylation sites is 1. The summed E-state index contributed by atoms with van der Waals surface area (Å²) in [5.74, 6) is 1.78. The molecule has 0 radical (unpaired) electrons. The first-order valence-electron chi connectivity index (χ1n) is 8.59. The third-order valence-corrected chi connectivity index (χ3v) is 4.16. The van der Waals surface area contributed by atoms with Crippen molar-refractivity contribution in [3.8, 4) is 22.8 Å². The molecule has 25 heavy (non-hydrogen) atoms. The van der Waals surface area contributed by atoms with Gasteiger partial charge in [0.25, 0.3) is 0 Å². The van der Waals surface area contributed by atoms with Gasteiger partial charge in [-0.2, -0.15) is 5.10 Å². The lowest BCUT2D eigenvalue weighted by atomic mass is 10.0. The van der Waals surface area contributed by atoms with E-state index >= 15 is 0 Å². The van der Waals surface area contributed by atoms with Crippen molar-refractivity contribution in [3.05, 3.63) is 65.9 Å². The van der Waals surface area contributed by atoms with Crippen molar-refractivity contribution in [3.63, 3.8) is 0 Å². The lowest BCUT2D eigenvalue weighted by molar-refractivity contribution is 0.293. The highest BCUT2D eigenvalue weighted by atomic mass is 16.5. The number of aromatic nitrogens is 2. The number of ether oxygens (including phenoxy) is 2. The molecule has 0 fully saturated rings. The summed E-state index contributed by atoms with van der Waals surface area (Å²) >= 11 is 0. The van der Waals surface area contributed by atoms with Gasteiger partial charge in [0.15, 0.2) is 0 Å². The molecular weight excluding hydrogens is 312 g/mol. The van der Waals surface area contributed by atoms with E-state index in [-0.39, 0.29) is 0 Å². The van der Waals surface area contributed by atoms with Crippen LogP contribution in [-0.2, 0) is 20.1 Å². The minimum Gasteiger partial charge on any atom is -0.496 e. The van der Waals surface area contributed by atoms with Gasteiger partial charge in [0.1, 0.15) is 18.1 Å². The molecule has 0 atom stereocenters. The lowest BCUT2D eigenvalue weighted by Crippen LogP contribution is -2.01. The highest BCUT2D eigenvalue weighted by Crippen LogP contribution is 2.28. The number of rotatable bonds is 7. The smallest absolute Gasteiger partial charge is 0.125 e. The molecule has 0 saturated heterocycles. The highest BCUT2D eigenvalue weighted by molar-refractivity contribution is 5.61. The van der Waals surface area contributed by atoms with Crippen LogP contribution in [0.15, 0.2) is 54.7 Å². The highest BCUT2D eigenvalue weighted by Gasteiger charge is 2.09. The predicted octanol–water partition coefficient (Wildman–Crippen LogP) is 4.63. The molecule has 4 heteroatoms. The Bertz CT molecular complexity index is 839. The Hall–Kier alpha value is -2.75. The molecule has 1 heterocycles. The van der Waals surface area contributed by atoms with Gasteiger partial charge in [0.05, 0.1) is 12.8 Å². The van der Waals surface area contributed by atoms with Crippen LogP contribution in [-0.4, -0.2) is 16.9 Å². The zero-order valence-electron chi connectivity index (χ0n) is 15.0. The summed E-state index contributed by atoms with van der Waals surface area (Å²) in [5.41, 5.74) is 4.35. The molecule has 0 aliphatic rings. The van der Waals surface area contributed by atoms with Crippen molar-refractivity contribution < 1.29 is 9.47 Å². The van der Waals surface area contributed by atoms with Crippen LogP contribution in [0.5, 0.6) is 11.5 Å². The van der Waals surface area contributed by atoms with Crippen molar-refractivity contribution in [2.75, 3.05) is 7.11 Å². The summed E-state index contributed by atoms with van der Waals surface area (Å²) in [6.45, 7) is 2.67. The average Bonchev–Trinajstić information content (AvgIpc) is 3.07. The third-order valence-electron chi connectivity index (χ3n) is 4.16. The number of aryl methyl sites for hydroxylation is 2. The summed E-state index contributed by atoms with van der Waals surface area (Å²) in [5, 5.41) is 4.49. The molecule has 0 bridgehead atoms. The second kappa shape index (κ2) is 7.88. The first kappa shape index (κ1) is 17.1. The molecule has 3 rings (SSSR count). The predicted molar refractivity (Wildman–Crippen MR) is 100.0 cm³/mol. The zero-order valence-corrected chi connectivity index (χ0v) is 15.0. The number of nitrogens with zero attached hydrogens (tertiary/aromatic N) is 2. The van der Waals surface area contributed by atoms with Crippen molar-refractivity contribution in [2.24, 2.45) is 7.05 Å². The first-order chi connectivity index (χ1) is 12.2. The summed E-state index contributed by atoms with van der Waals surface area (Å²) in [6, 6.07) is 16.3. The standard InChI is InChI=1S/C21H24N2O2/c1-4-7-17-14-16(19-12-13-23(2)22-19)10-11-21(17)25-15-18-8-5-6-9-20(18)24-3/h5-6,8-14H,4,7,15H2,1-3H3. The monoisotopic (exact) mass is 336 g/mol. The van der Waals surface area contributed by atoms with E-state index in [0.29, 0.717) is 6.61 Å². The average molecular weight is 336 g/mol. The van der Waals surface area contributed by atoms with Crippen molar-refractivity contribution in [1.29, 1.82) is 0 Å². The maximum Gasteiger partial charge on any atom is 0.125 e. The number of hydrogen-bond donors (Lipinski definition) is 0. The van der Waals surface area contributed by atoms with Crippen LogP contribution in [0.2, 0.25) is 0 Å². The summed E-state index contributed by atoms with van der Waals surface area (Å²) in [6.07, 6.45) is 4.00. The van der Waals surface area contributed by atoms with Gasteiger partial charge in [-0.05, 0) is 42.3 Å². The van der Waals surface area contributed by atoms with Gasteiger partial charge in [-0.25, -0.2) is 0 Å². The number of hydrogen-bond acceptors (Lipinski definition) is 3. The van der Waals surface area contributed by atoms with E-state index in [4.69, 9.17) is 9.47 Å². The fourth-order valence-corrected chi connectivity index (χ4v) is 2.89. The molecule has 3 aromatic rings. The van der Waals surface area contributed by atoms with Gasteiger partial charge in [-0.1, -0.05) is 31.5 Å². The van der Waals surface area contributed by atoms with Crippen LogP contribution in [0, 0.1) is 0 Å². The SMILES string of the molecule is CCCc1cc(-c2ccn(C)n2)ccc1OCc1ccccc1OC.